The molecule has 1 fully saturated rings. The molecule has 3 heteroatoms. The Kier molecular flexibility index (Phi) is 6.15. The molecule has 3 nitrogen and oxygen atoms in total. The Hall–Kier alpha value is -0.120. The second-order valence-corrected chi connectivity index (χ2v) is 4.24. The fraction of sp³-hybridized carbons (Fsp3) is 1.00. The third-order valence-electron chi connectivity index (χ3n) is 3.26. The van der Waals surface area contributed by atoms with E-state index in [0.29, 0.717) is 0 Å². The van der Waals surface area contributed by atoms with Crippen LogP contribution in [0.4, 0.5) is 0 Å². The Balaban J connectivity index is 2.13. The van der Waals surface area contributed by atoms with Crippen LogP contribution in [0.1, 0.15) is 25.7 Å². The summed E-state index contributed by atoms with van der Waals surface area (Å²) >= 11 is 0. The van der Waals surface area contributed by atoms with Gasteiger partial charge in [0.2, 0.25) is 0 Å². The van der Waals surface area contributed by atoms with Crippen LogP contribution < -0.4 is 11.1 Å². The minimum absolute atomic E-state index is 0.749. The minimum atomic E-state index is 0.749. The third-order valence-corrected chi connectivity index (χ3v) is 3.26. The Labute approximate surface area is 87.4 Å². The van der Waals surface area contributed by atoms with Crippen molar-refractivity contribution in [1.82, 2.24) is 5.32 Å². The quantitative estimate of drug-likeness (QED) is 0.629. The summed E-state index contributed by atoms with van der Waals surface area (Å²) < 4.78 is 5.00. The van der Waals surface area contributed by atoms with Crippen molar-refractivity contribution < 1.29 is 4.74 Å². The highest BCUT2D eigenvalue weighted by Crippen LogP contribution is 2.28. The predicted molar refractivity (Wildman–Crippen MR) is 59.2 cm³/mol. The van der Waals surface area contributed by atoms with Crippen LogP contribution >= 0.6 is 0 Å². The second-order valence-electron chi connectivity index (χ2n) is 4.24. The van der Waals surface area contributed by atoms with Gasteiger partial charge in [0.05, 0.1) is 6.61 Å². The van der Waals surface area contributed by atoms with Crippen molar-refractivity contribution in [2.45, 2.75) is 25.7 Å². The van der Waals surface area contributed by atoms with Crippen LogP contribution in [0.25, 0.3) is 0 Å². The van der Waals surface area contributed by atoms with Crippen LogP contribution in [0.2, 0.25) is 0 Å². The van der Waals surface area contributed by atoms with Crippen LogP contribution in [-0.2, 0) is 4.74 Å². The van der Waals surface area contributed by atoms with E-state index in [9.17, 15) is 0 Å². The summed E-state index contributed by atoms with van der Waals surface area (Å²) in [5, 5.41) is 3.44. The van der Waals surface area contributed by atoms with Crippen LogP contribution in [0.15, 0.2) is 0 Å². The lowest BCUT2D eigenvalue weighted by molar-refractivity contribution is 0.188. The van der Waals surface area contributed by atoms with Crippen LogP contribution in [0.3, 0.4) is 0 Å². The van der Waals surface area contributed by atoms with Crippen LogP contribution in [-0.4, -0.2) is 33.4 Å². The smallest absolute Gasteiger partial charge is 0.0587 e. The third kappa shape index (κ3) is 3.95. The van der Waals surface area contributed by atoms with E-state index in [1.165, 1.54) is 25.7 Å². The topological polar surface area (TPSA) is 47.3 Å². The lowest BCUT2D eigenvalue weighted by atomic mass is 9.79. The first-order valence-corrected chi connectivity index (χ1v) is 5.78. The molecular formula is C11H24N2O. The SMILES string of the molecule is COCCNCC1CCCCC1CN. The van der Waals surface area contributed by atoms with Crippen molar-refractivity contribution in [3.8, 4) is 0 Å². The molecule has 1 rings (SSSR count). The summed E-state index contributed by atoms with van der Waals surface area (Å²) in [6.45, 7) is 3.74. The van der Waals surface area contributed by atoms with Gasteiger partial charge in [0.25, 0.3) is 0 Å². The lowest BCUT2D eigenvalue weighted by Crippen LogP contribution is -2.35. The van der Waals surface area contributed by atoms with Gasteiger partial charge >= 0.3 is 0 Å². The largest absolute Gasteiger partial charge is 0.383 e. The number of ether oxygens (including phenoxy) is 1. The fourth-order valence-corrected chi connectivity index (χ4v) is 2.33. The van der Waals surface area contributed by atoms with Gasteiger partial charge in [-0.2, -0.15) is 0 Å². The van der Waals surface area contributed by atoms with E-state index in [0.717, 1.165) is 38.1 Å². The van der Waals surface area contributed by atoms with Crippen molar-refractivity contribution in [3.63, 3.8) is 0 Å². The summed E-state index contributed by atoms with van der Waals surface area (Å²) in [5.41, 5.74) is 5.77. The van der Waals surface area contributed by atoms with E-state index >= 15 is 0 Å². The number of methoxy groups -OCH3 is 1. The number of hydrogen-bond donors (Lipinski definition) is 2. The first kappa shape index (κ1) is 12.0. The zero-order chi connectivity index (χ0) is 10.2. The first-order valence-electron chi connectivity index (χ1n) is 5.78. The van der Waals surface area contributed by atoms with E-state index in [2.05, 4.69) is 5.32 Å². The molecular weight excluding hydrogens is 176 g/mol. The van der Waals surface area contributed by atoms with E-state index in [4.69, 9.17) is 10.5 Å². The Morgan fingerprint density at radius 1 is 1.29 bits per heavy atom. The lowest BCUT2D eigenvalue weighted by Gasteiger charge is -2.30. The molecule has 0 heterocycles. The molecule has 2 unspecified atom stereocenters. The first-order chi connectivity index (χ1) is 6.88. The van der Waals surface area contributed by atoms with Gasteiger partial charge in [0.15, 0.2) is 0 Å². The highest BCUT2D eigenvalue weighted by molar-refractivity contribution is 4.77. The fourth-order valence-electron chi connectivity index (χ4n) is 2.33. The molecule has 0 amide bonds. The van der Waals surface area contributed by atoms with E-state index in [1.54, 1.807) is 7.11 Å². The van der Waals surface area contributed by atoms with Gasteiger partial charge in [0, 0.05) is 13.7 Å². The molecule has 2 atom stereocenters. The molecule has 0 aliphatic heterocycles. The summed E-state index contributed by atoms with van der Waals surface area (Å²) in [6.07, 6.45) is 5.43. The molecule has 14 heavy (non-hydrogen) atoms. The number of rotatable bonds is 6. The molecule has 1 saturated carbocycles. The van der Waals surface area contributed by atoms with Crippen molar-refractivity contribution in [2.24, 2.45) is 17.6 Å². The van der Waals surface area contributed by atoms with Crippen molar-refractivity contribution >= 4 is 0 Å². The molecule has 0 saturated heterocycles. The zero-order valence-electron chi connectivity index (χ0n) is 9.30. The van der Waals surface area contributed by atoms with Crippen molar-refractivity contribution in [3.05, 3.63) is 0 Å². The summed E-state index contributed by atoms with van der Waals surface area (Å²) in [5.74, 6) is 1.55. The number of nitrogens with two attached hydrogens (primary N) is 1. The molecule has 84 valence electrons. The van der Waals surface area contributed by atoms with E-state index in [1.807, 2.05) is 0 Å². The minimum Gasteiger partial charge on any atom is -0.383 e. The Morgan fingerprint density at radius 3 is 2.64 bits per heavy atom. The van der Waals surface area contributed by atoms with Gasteiger partial charge in [0.1, 0.15) is 0 Å². The highest BCUT2D eigenvalue weighted by atomic mass is 16.5. The monoisotopic (exact) mass is 200 g/mol. The maximum Gasteiger partial charge on any atom is 0.0587 e. The van der Waals surface area contributed by atoms with Crippen LogP contribution in [0.5, 0.6) is 0 Å². The standard InChI is InChI=1S/C11H24N2O/c1-14-7-6-13-9-11-5-3-2-4-10(11)8-12/h10-11,13H,2-9,12H2,1H3. The molecule has 1 aliphatic carbocycles. The Bertz CT molecular complexity index is 141. The molecule has 0 spiro atoms. The van der Waals surface area contributed by atoms with Gasteiger partial charge in [-0.15, -0.1) is 0 Å². The molecule has 0 radical (unpaired) electrons. The highest BCUT2D eigenvalue weighted by Gasteiger charge is 2.22. The van der Waals surface area contributed by atoms with E-state index < -0.39 is 0 Å². The van der Waals surface area contributed by atoms with Gasteiger partial charge in [-0.25, -0.2) is 0 Å². The zero-order valence-corrected chi connectivity index (χ0v) is 9.30. The number of nitrogens with one attached hydrogen (secondary N) is 1. The normalized spacial score (nSPS) is 27.9. The average Bonchev–Trinajstić information content (AvgIpc) is 2.25. The summed E-state index contributed by atoms with van der Waals surface area (Å²) in [6, 6.07) is 0. The van der Waals surface area contributed by atoms with Gasteiger partial charge < -0.3 is 15.8 Å². The molecule has 0 aromatic rings. The number of hydrogen-bond acceptors (Lipinski definition) is 3. The molecule has 0 bridgehead atoms. The Morgan fingerprint density at radius 2 is 2.00 bits per heavy atom. The predicted octanol–water partition coefficient (Wildman–Crippen LogP) is 0.987. The van der Waals surface area contributed by atoms with Gasteiger partial charge in [-0.3, -0.25) is 0 Å². The van der Waals surface area contributed by atoms with Gasteiger partial charge in [-0.1, -0.05) is 12.8 Å². The van der Waals surface area contributed by atoms with Crippen LogP contribution in [0, 0.1) is 11.8 Å². The molecule has 1 aliphatic rings. The molecule has 0 aromatic carbocycles. The van der Waals surface area contributed by atoms with Crippen molar-refractivity contribution in [1.29, 1.82) is 0 Å². The van der Waals surface area contributed by atoms with E-state index in [-0.39, 0.29) is 0 Å². The molecule has 0 aromatic heterocycles. The summed E-state index contributed by atoms with van der Waals surface area (Å²) in [7, 11) is 1.74. The molecule has 3 N–H and O–H groups in total. The second kappa shape index (κ2) is 7.21. The van der Waals surface area contributed by atoms with Gasteiger partial charge in [-0.05, 0) is 37.8 Å². The average molecular weight is 200 g/mol. The maximum atomic E-state index is 5.77. The summed E-state index contributed by atoms with van der Waals surface area (Å²) in [4.78, 5) is 0. The maximum absolute atomic E-state index is 5.77. The van der Waals surface area contributed by atoms with Crippen molar-refractivity contribution in [2.75, 3.05) is 33.4 Å².